The Morgan fingerprint density at radius 3 is 3.33 bits per heavy atom. The molecule has 4 heteroatoms. The Kier molecular flexibility index (Phi) is 0.917. The number of hydrogen-bond donors (Lipinski definition) is 2. The number of fused-ring (bicyclic) bond motifs is 1. The van der Waals surface area contributed by atoms with Gasteiger partial charge < -0.3 is 0 Å². The van der Waals surface area contributed by atoms with E-state index >= 15 is 0 Å². The maximum atomic E-state index is 5.61. The van der Waals surface area contributed by atoms with Crippen molar-refractivity contribution in [1.29, 1.82) is 0 Å². The van der Waals surface area contributed by atoms with E-state index in [1.54, 1.807) is 6.20 Å². The predicted molar refractivity (Wildman–Crippen MR) is 37.4 cm³/mol. The molecular formula is C5H5N3Se. The van der Waals surface area contributed by atoms with Crippen LogP contribution in [-0.2, 0) is 0 Å². The van der Waals surface area contributed by atoms with E-state index in [-0.39, 0.29) is 0 Å². The first-order chi connectivity index (χ1) is 4.38. The Hall–Kier alpha value is -0.731. The van der Waals surface area contributed by atoms with Crippen LogP contribution >= 0.6 is 0 Å². The first-order valence-corrected chi connectivity index (χ1v) is 4.38. The molecule has 46 valence electrons. The second-order valence-corrected chi connectivity index (χ2v) is 3.65. The molecule has 0 aromatic carbocycles. The molecule has 0 bridgehead atoms. The SMILES string of the molecule is Nc1c[se]c2[nH]ncc12. The Labute approximate surface area is 57.6 Å². The van der Waals surface area contributed by atoms with Crippen LogP contribution in [-0.4, -0.2) is 24.7 Å². The van der Waals surface area contributed by atoms with Gasteiger partial charge >= 0.3 is 57.0 Å². The molecule has 0 spiro atoms. The molecule has 2 rings (SSSR count). The summed E-state index contributed by atoms with van der Waals surface area (Å²) in [4.78, 5) is 2.05. The minimum atomic E-state index is 0.399. The minimum absolute atomic E-state index is 0.399. The molecule has 0 aliphatic rings. The molecule has 2 heterocycles. The van der Waals surface area contributed by atoms with Gasteiger partial charge in [0.05, 0.1) is 0 Å². The fraction of sp³-hybridized carbons (Fsp3) is 0. The van der Waals surface area contributed by atoms with Gasteiger partial charge in [-0.2, -0.15) is 0 Å². The zero-order valence-corrected chi connectivity index (χ0v) is 6.30. The summed E-state index contributed by atoms with van der Waals surface area (Å²) in [6.07, 6.45) is 1.77. The number of nitrogen functional groups attached to an aromatic ring is 1. The molecule has 3 nitrogen and oxygen atoms in total. The number of hydrogen-bond acceptors (Lipinski definition) is 2. The Morgan fingerprint density at radius 2 is 2.56 bits per heavy atom. The van der Waals surface area contributed by atoms with Crippen molar-refractivity contribution in [3.05, 3.63) is 11.1 Å². The molecule has 0 saturated carbocycles. The van der Waals surface area contributed by atoms with Crippen LogP contribution in [0.1, 0.15) is 0 Å². The normalized spacial score (nSPS) is 10.7. The van der Waals surface area contributed by atoms with E-state index in [1.165, 1.54) is 4.39 Å². The van der Waals surface area contributed by atoms with Gasteiger partial charge in [0.25, 0.3) is 0 Å². The van der Waals surface area contributed by atoms with Crippen molar-refractivity contribution in [2.45, 2.75) is 0 Å². The predicted octanol–water partition coefficient (Wildman–Crippen LogP) is 0.202. The van der Waals surface area contributed by atoms with Crippen LogP contribution < -0.4 is 5.73 Å². The molecule has 0 aliphatic heterocycles. The van der Waals surface area contributed by atoms with E-state index in [9.17, 15) is 0 Å². The van der Waals surface area contributed by atoms with Crippen LogP contribution in [0.5, 0.6) is 0 Å². The van der Waals surface area contributed by atoms with E-state index in [0.717, 1.165) is 11.1 Å². The van der Waals surface area contributed by atoms with Crippen LogP contribution in [0, 0.1) is 0 Å². The monoisotopic (exact) mass is 187 g/mol. The molecule has 2 aromatic heterocycles. The zero-order chi connectivity index (χ0) is 6.27. The fourth-order valence-corrected chi connectivity index (χ4v) is 2.38. The Bertz CT molecular complexity index is 321. The molecule has 0 radical (unpaired) electrons. The Morgan fingerprint density at radius 1 is 1.67 bits per heavy atom. The summed E-state index contributed by atoms with van der Waals surface area (Å²) >= 11 is 0.399. The van der Waals surface area contributed by atoms with Gasteiger partial charge in [-0.15, -0.1) is 0 Å². The van der Waals surface area contributed by atoms with Crippen LogP contribution in [0.25, 0.3) is 9.78 Å². The van der Waals surface area contributed by atoms with Gasteiger partial charge in [-0.1, -0.05) is 0 Å². The van der Waals surface area contributed by atoms with Crippen molar-refractivity contribution in [2.75, 3.05) is 5.73 Å². The van der Waals surface area contributed by atoms with Crippen LogP contribution in [0.4, 0.5) is 5.69 Å². The van der Waals surface area contributed by atoms with Gasteiger partial charge in [-0.05, 0) is 0 Å². The number of H-pyrrole nitrogens is 1. The molecular weight excluding hydrogens is 181 g/mol. The number of rotatable bonds is 0. The van der Waals surface area contributed by atoms with Crippen molar-refractivity contribution in [2.24, 2.45) is 0 Å². The third kappa shape index (κ3) is 0.605. The van der Waals surface area contributed by atoms with Crippen molar-refractivity contribution < 1.29 is 0 Å². The first-order valence-electron chi connectivity index (χ1n) is 2.54. The van der Waals surface area contributed by atoms with E-state index < -0.39 is 0 Å². The molecule has 0 unspecified atom stereocenters. The second-order valence-electron chi connectivity index (χ2n) is 1.80. The van der Waals surface area contributed by atoms with E-state index in [4.69, 9.17) is 5.73 Å². The summed E-state index contributed by atoms with van der Waals surface area (Å²) in [5, 5.41) is 7.85. The van der Waals surface area contributed by atoms with Crippen molar-refractivity contribution in [3.8, 4) is 0 Å². The van der Waals surface area contributed by atoms with Crippen molar-refractivity contribution in [3.63, 3.8) is 0 Å². The van der Waals surface area contributed by atoms with Gasteiger partial charge in [0.2, 0.25) is 0 Å². The van der Waals surface area contributed by atoms with Gasteiger partial charge in [0, 0.05) is 0 Å². The third-order valence-corrected chi connectivity index (χ3v) is 3.15. The third-order valence-electron chi connectivity index (χ3n) is 1.22. The standard InChI is InChI=1S/C5H5N3Se/c6-4-2-9-5-3(4)1-7-8-5/h1-2H,6H2,(H,7,8). The van der Waals surface area contributed by atoms with Gasteiger partial charge in [0.1, 0.15) is 0 Å². The second kappa shape index (κ2) is 1.62. The summed E-state index contributed by atoms with van der Waals surface area (Å²) < 4.78 is 1.19. The first kappa shape index (κ1) is 5.09. The molecule has 0 fully saturated rings. The van der Waals surface area contributed by atoms with Crippen LogP contribution in [0.2, 0.25) is 0 Å². The van der Waals surface area contributed by atoms with E-state index in [0.29, 0.717) is 14.5 Å². The Balaban J connectivity index is 2.99. The molecule has 3 N–H and O–H groups in total. The zero-order valence-electron chi connectivity index (χ0n) is 4.59. The summed E-state index contributed by atoms with van der Waals surface area (Å²) in [6, 6.07) is 0. The fourth-order valence-electron chi connectivity index (χ4n) is 0.756. The summed E-state index contributed by atoms with van der Waals surface area (Å²) in [7, 11) is 0. The number of aromatic nitrogens is 2. The van der Waals surface area contributed by atoms with Crippen LogP contribution in [0.15, 0.2) is 11.1 Å². The topological polar surface area (TPSA) is 54.7 Å². The number of nitrogens with one attached hydrogen (secondary N) is 1. The van der Waals surface area contributed by atoms with Gasteiger partial charge in [0.15, 0.2) is 0 Å². The van der Waals surface area contributed by atoms with Crippen molar-refractivity contribution >= 4 is 30.0 Å². The summed E-state index contributed by atoms with van der Waals surface area (Å²) in [5.41, 5.74) is 6.48. The van der Waals surface area contributed by atoms with E-state index in [1.807, 2.05) is 0 Å². The molecule has 0 saturated heterocycles. The average Bonchev–Trinajstić information content (AvgIpc) is 2.35. The summed E-state index contributed by atoms with van der Waals surface area (Å²) in [6.45, 7) is 0. The molecule has 0 amide bonds. The average molecular weight is 186 g/mol. The molecule has 0 atom stereocenters. The number of nitrogens with zero attached hydrogens (tertiary/aromatic N) is 1. The molecule has 2 aromatic rings. The maximum absolute atomic E-state index is 5.61. The number of nitrogens with two attached hydrogens (primary N) is 1. The quantitative estimate of drug-likeness (QED) is 0.577. The molecule has 9 heavy (non-hydrogen) atoms. The molecule has 0 aliphatic carbocycles. The summed E-state index contributed by atoms with van der Waals surface area (Å²) in [5.74, 6) is 0. The van der Waals surface area contributed by atoms with Gasteiger partial charge in [-0.3, -0.25) is 0 Å². The van der Waals surface area contributed by atoms with Gasteiger partial charge in [-0.25, -0.2) is 0 Å². The van der Waals surface area contributed by atoms with Crippen LogP contribution in [0.3, 0.4) is 0 Å². The number of anilines is 1. The van der Waals surface area contributed by atoms with Crippen molar-refractivity contribution in [1.82, 2.24) is 10.2 Å². The van der Waals surface area contributed by atoms with E-state index in [2.05, 4.69) is 15.1 Å². The number of aromatic amines is 1.